The summed E-state index contributed by atoms with van der Waals surface area (Å²) < 4.78 is -0.455. The van der Waals surface area contributed by atoms with E-state index in [0.717, 1.165) is 19.5 Å². The molecule has 4 heteroatoms. The molecule has 0 aromatic heterocycles. The van der Waals surface area contributed by atoms with Gasteiger partial charge in [0.15, 0.2) is 0 Å². The lowest BCUT2D eigenvalue weighted by molar-refractivity contribution is -0.123. The van der Waals surface area contributed by atoms with Crippen molar-refractivity contribution in [1.82, 2.24) is 10.2 Å². The maximum absolute atomic E-state index is 11.7. The summed E-state index contributed by atoms with van der Waals surface area (Å²) in [7, 11) is 2.09. The van der Waals surface area contributed by atoms with Crippen molar-refractivity contribution in [2.24, 2.45) is 0 Å². The minimum Gasteiger partial charge on any atom is -0.351 e. The molecule has 3 nitrogen and oxygen atoms in total. The highest BCUT2D eigenvalue weighted by atomic mass is 79.9. The van der Waals surface area contributed by atoms with E-state index in [1.165, 1.54) is 6.42 Å². The number of likely N-dealkylation sites (tertiary alicyclic amines) is 1. The molecule has 0 bridgehead atoms. The lowest BCUT2D eigenvalue weighted by Gasteiger charge is -2.31. The smallest absolute Gasteiger partial charge is 0.236 e. The average Bonchev–Trinajstić information content (AvgIpc) is 2.02. The van der Waals surface area contributed by atoms with Crippen LogP contribution < -0.4 is 5.32 Å². The van der Waals surface area contributed by atoms with Gasteiger partial charge in [-0.1, -0.05) is 15.9 Å². The second-order valence-corrected chi connectivity index (χ2v) is 6.53. The van der Waals surface area contributed by atoms with Crippen LogP contribution in [0.5, 0.6) is 0 Å². The number of hydrogen-bond acceptors (Lipinski definition) is 2. The first-order valence-corrected chi connectivity index (χ1v) is 5.87. The molecule has 1 aliphatic heterocycles. The Kier molecular flexibility index (Phi) is 3.95. The monoisotopic (exact) mass is 262 g/mol. The molecule has 0 aromatic carbocycles. The van der Waals surface area contributed by atoms with E-state index in [1.54, 1.807) is 0 Å². The van der Waals surface area contributed by atoms with Crippen LogP contribution in [0.2, 0.25) is 0 Å². The number of alkyl halides is 1. The highest BCUT2D eigenvalue weighted by molar-refractivity contribution is 9.10. The van der Waals surface area contributed by atoms with Gasteiger partial charge in [-0.3, -0.25) is 4.79 Å². The van der Waals surface area contributed by atoms with Crippen LogP contribution in [0, 0.1) is 0 Å². The van der Waals surface area contributed by atoms with Gasteiger partial charge in [0.05, 0.1) is 4.32 Å². The van der Waals surface area contributed by atoms with E-state index in [1.807, 2.05) is 13.8 Å². The maximum Gasteiger partial charge on any atom is 0.236 e. The Morgan fingerprint density at radius 3 is 2.71 bits per heavy atom. The third-order valence-corrected chi connectivity index (χ3v) is 2.86. The number of piperidine rings is 1. The summed E-state index contributed by atoms with van der Waals surface area (Å²) in [6, 6.07) is 0.318. The van der Waals surface area contributed by atoms with Crippen molar-refractivity contribution in [2.45, 2.75) is 37.1 Å². The maximum atomic E-state index is 11.7. The number of nitrogens with zero attached hydrogens (tertiary/aromatic N) is 1. The topological polar surface area (TPSA) is 32.3 Å². The van der Waals surface area contributed by atoms with Crippen molar-refractivity contribution >= 4 is 21.8 Å². The molecule has 1 fully saturated rings. The zero-order chi connectivity index (χ0) is 10.8. The zero-order valence-corrected chi connectivity index (χ0v) is 10.7. The minimum atomic E-state index is -0.455. The number of carbonyl (C=O) groups excluding carboxylic acids is 1. The molecule has 1 unspecified atom stereocenters. The van der Waals surface area contributed by atoms with Gasteiger partial charge in [0.1, 0.15) is 0 Å². The first-order chi connectivity index (χ1) is 6.39. The number of amides is 1. The molecule has 1 rings (SSSR count). The molecule has 82 valence electrons. The molecule has 1 amide bonds. The molecular formula is C10H19BrN2O. The van der Waals surface area contributed by atoms with Gasteiger partial charge < -0.3 is 10.2 Å². The van der Waals surface area contributed by atoms with Crippen molar-refractivity contribution in [3.05, 3.63) is 0 Å². The van der Waals surface area contributed by atoms with E-state index < -0.39 is 4.32 Å². The van der Waals surface area contributed by atoms with E-state index in [2.05, 4.69) is 33.2 Å². The van der Waals surface area contributed by atoms with Crippen LogP contribution in [-0.4, -0.2) is 41.3 Å². The summed E-state index contributed by atoms with van der Waals surface area (Å²) in [5.41, 5.74) is 0. The summed E-state index contributed by atoms with van der Waals surface area (Å²) in [5, 5.41) is 3.06. The van der Waals surface area contributed by atoms with Crippen molar-refractivity contribution in [1.29, 1.82) is 0 Å². The lowest BCUT2D eigenvalue weighted by atomic mass is 10.1. The Balaban J connectivity index is 2.40. The van der Waals surface area contributed by atoms with Gasteiger partial charge >= 0.3 is 0 Å². The lowest BCUT2D eigenvalue weighted by Crippen LogP contribution is -2.50. The average molecular weight is 263 g/mol. The molecule has 0 radical (unpaired) electrons. The second-order valence-electron chi connectivity index (χ2n) is 4.55. The van der Waals surface area contributed by atoms with Crippen molar-refractivity contribution < 1.29 is 4.79 Å². The minimum absolute atomic E-state index is 0.0813. The Morgan fingerprint density at radius 2 is 2.21 bits per heavy atom. The van der Waals surface area contributed by atoms with E-state index in [4.69, 9.17) is 0 Å². The van der Waals surface area contributed by atoms with Crippen LogP contribution in [0.3, 0.4) is 0 Å². The third kappa shape index (κ3) is 3.58. The molecule has 1 saturated heterocycles. The van der Waals surface area contributed by atoms with E-state index in [0.29, 0.717) is 6.04 Å². The molecule has 0 spiro atoms. The predicted molar refractivity (Wildman–Crippen MR) is 61.7 cm³/mol. The fourth-order valence-electron chi connectivity index (χ4n) is 1.64. The number of hydrogen-bond donors (Lipinski definition) is 1. The van der Waals surface area contributed by atoms with Gasteiger partial charge in [-0.05, 0) is 40.3 Å². The quantitative estimate of drug-likeness (QED) is 0.763. The second kappa shape index (κ2) is 4.62. The van der Waals surface area contributed by atoms with Gasteiger partial charge in [-0.15, -0.1) is 0 Å². The summed E-state index contributed by atoms with van der Waals surface area (Å²) in [6.07, 6.45) is 2.27. The predicted octanol–water partition coefficient (Wildman–Crippen LogP) is 1.37. The van der Waals surface area contributed by atoms with Gasteiger partial charge in [-0.2, -0.15) is 0 Å². The fraction of sp³-hybridized carbons (Fsp3) is 0.900. The van der Waals surface area contributed by atoms with Gasteiger partial charge in [0.25, 0.3) is 0 Å². The largest absolute Gasteiger partial charge is 0.351 e. The Labute approximate surface area is 94.4 Å². The van der Waals surface area contributed by atoms with Crippen LogP contribution in [-0.2, 0) is 4.79 Å². The van der Waals surface area contributed by atoms with Crippen molar-refractivity contribution in [3.8, 4) is 0 Å². The normalized spacial score (nSPS) is 24.7. The van der Waals surface area contributed by atoms with Crippen LogP contribution in [0.4, 0.5) is 0 Å². The highest BCUT2D eigenvalue weighted by Crippen LogP contribution is 2.17. The highest BCUT2D eigenvalue weighted by Gasteiger charge is 2.27. The molecular weight excluding hydrogens is 244 g/mol. The number of nitrogens with one attached hydrogen (secondary N) is 1. The van der Waals surface area contributed by atoms with E-state index >= 15 is 0 Å². The Morgan fingerprint density at radius 1 is 1.57 bits per heavy atom. The fourth-order valence-corrected chi connectivity index (χ4v) is 1.76. The van der Waals surface area contributed by atoms with Crippen LogP contribution >= 0.6 is 15.9 Å². The Bertz CT molecular complexity index is 213. The zero-order valence-electron chi connectivity index (χ0n) is 9.14. The molecule has 14 heavy (non-hydrogen) atoms. The third-order valence-electron chi connectivity index (χ3n) is 2.50. The van der Waals surface area contributed by atoms with Gasteiger partial charge in [0, 0.05) is 12.6 Å². The summed E-state index contributed by atoms with van der Waals surface area (Å²) in [5.74, 6) is 0.0813. The molecule has 0 saturated carbocycles. The first kappa shape index (κ1) is 12.0. The van der Waals surface area contributed by atoms with Gasteiger partial charge in [-0.25, -0.2) is 0 Å². The molecule has 1 aliphatic rings. The summed E-state index contributed by atoms with van der Waals surface area (Å²) in [4.78, 5) is 13.9. The first-order valence-electron chi connectivity index (χ1n) is 5.08. The number of rotatable bonds is 2. The number of halogens is 1. The summed E-state index contributed by atoms with van der Waals surface area (Å²) in [6.45, 7) is 5.85. The van der Waals surface area contributed by atoms with Crippen LogP contribution in [0.25, 0.3) is 0 Å². The molecule has 0 aliphatic carbocycles. The molecule has 1 heterocycles. The standard InChI is InChI=1S/C10H19BrN2O/c1-10(2,11)9(14)12-8-5-4-6-13(3)7-8/h8H,4-7H2,1-3H3,(H,12,14). The van der Waals surface area contributed by atoms with Crippen molar-refractivity contribution in [2.75, 3.05) is 20.1 Å². The number of carbonyl (C=O) groups is 1. The van der Waals surface area contributed by atoms with Crippen LogP contribution in [0.15, 0.2) is 0 Å². The summed E-state index contributed by atoms with van der Waals surface area (Å²) >= 11 is 3.36. The van der Waals surface area contributed by atoms with Gasteiger partial charge in [0.2, 0.25) is 5.91 Å². The SMILES string of the molecule is CN1CCCC(NC(=O)C(C)(C)Br)C1. The van der Waals surface area contributed by atoms with E-state index in [-0.39, 0.29) is 5.91 Å². The molecule has 1 atom stereocenters. The Hall–Kier alpha value is -0.0900. The van der Waals surface area contributed by atoms with Crippen LogP contribution in [0.1, 0.15) is 26.7 Å². The van der Waals surface area contributed by atoms with Crippen molar-refractivity contribution in [3.63, 3.8) is 0 Å². The molecule has 1 N–H and O–H groups in total. The number of likely N-dealkylation sites (N-methyl/N-ethyl adjacent to an activating group) is 1. The molecule has 0 aromatic rings. The van der Waals surface area contributed by atoms with E-state index in [9.17, 15) is 4.79 Å².